The highest BCUT2D eigenvalue weighted by Crippen LogP contribution is 2.26. The predicted octanol–water partition coefficient (Wildman–Crippen LogP) is 2.89. The Labute approximate surface area is 122 Å². The molecule has 4 nitrogen and oxygen atoms in total. The second-order valence-corrected chi connectivity index (χ2v) is 6.09. The molecule has 0 atom stereocenters. The summed E-state index contributed by atoms with van der Waals surface area (Å²) in [5.41, 5.74) is 1.22. The van der Waals surface area contributed by atoms with Crippen LogP contribution >= 0.6 is 15.9 Å². The standard InChI is InChI=1S/C14H20BrNO3/c1-14(2,3)16-8-10-5-6-12(11(15)7-10)19-9-13(17)18-4/h5-7,16H,8-9H2,1-4H3. The molecular formula is C14H20BrNO3. The highest BCUT2D eigenvalue weighted by Gasteiger charge is 2.10. The van der Waals surface area contributed by atoms with Gasteiger partial charge < -0.3 is 14.8 Å². The molecule has 0 amide bonds. The summed E-state index contributed by atoms with van der Waals surface area (Å²) < 4.78 is 10.7. The van der Waals surface area contributed by atoms with E-state index >= 15 is 0 Å². The third-order valence-electron chi connectivity index (χ3n) is 2.39. The van der Waals surface area contributed by atoms with Crippen molar-refractivity contribution in [1.82, 2.24) is 5.32 Å². The molecule has 0 spiro atoms. The first kappa shape index (κ1) is 16.0. The van der Waals surface area contributed by atoms with Crippen LogP contribution in [0, 0.1) is 0 Å². The first-order valence-electron chi connectivity index (χ1n) is 6.05. The van der Waals surface area contributed by atoms with Crippen molar-refractivity contribution in [2.75, 3.05) is 13.7 Å². The van der Waals surface area contributed by atoms with E-state index in [1.54, 1.807) is 0 Å². The van der Waals surface area contributed by atoms with Crippen molar-refractivity contribution in [3.05, 3.63) is 28.2 Å². The topological polar surface area (TPSA) is 47.6 Å². The molecular weight excluding hydrogens is 310 g/mol. The van der Waals surface area contributed by atoms with Crippen LogP contribution in [0.4, 0.5) is 0 Å². The second-order valence-electron chi connectivity index (χ2n) is 5.23. The zero-order valence-corrected chi connectivity index (χ0v) is 13.3. The number of methoxy groups -OCH3 is 1. The van der Waals surface area contributed by atoms with Gasteiger partial charge in [-0.1, -0.05) is 6.07 Å². The molecule has 0 saturated carbocycles. The van der Waals surface area contributed by atoms with Gasteiger partial charge in [-0.25, -0.2) is 4.79 Å². The quantitative estimate of drug-likeness (QED) is 0.844. The van der Waals surface area contributed by atoms with E-state index in [1.807, 2.05) is 18.2 Å². The minimum absolute atomic E-state index is 0.0759. The Kier molecular flexibility index (Phi) is 5.82. The van der Waals surface area contributed by atoms with Crippen molar-refractivity contribution in [1.29, 1.82) is 0 Å². The largest absolute Gasteiger partial charge is 0.481 e. The maximum atomic E-state index is 11.0. The van der Waals surface area contributed by atoms with Gasteiger partial charge >= 0.3 is 5.97 Å². The third kappa shape index (κ3) is 6.07. The predicted molar refractivity (Wildman–Crippen MR) is 78.2 cm³/mol. The van der Waals surface area contributed by atoms with Crippen molar-refractivity contribution < 1.29 is 14.3 Å². The molecule has 1 N–H and O–H groups in total. The van der Waals surface area contributed by atoms with E-state index in [9.17, 15) is 4.79 Å². The Hall–Kier alpha value is -1.07. The zero-order chi connectivity index (χ0) is 14.5. The Morgan fingerprint density at radius 1 is 1.37 bits per heavy atom. The molecule has 0 aliphatic carbocycles. The molecule has 0 aliphatic rings. The number of halogens is 1. The number of benzene rings is 1. The lowest BCUT2D eigenvalue weighted by Gasteiger charge is -2.20. The molecule has 0 fully saturated rings. The monoisotopic (exact) mass is 329 g/mol. The number of hydrogen-bond acceptors (Lipinski definition) is 4. The van der Waals surface area contributed by atoms with Gasteiger partial charge in [0.25, 0.3) is 0 Å². The summed E-state index contributed by atoms with van der Waals surface area (Å²) in [4.78, 5) is 11.0. The van der Waals surface area contributed by atoms with Gasteiger partial charge in [0.05, 0.1) is 11.6 Å². The van der Waals surface area contributed by atoms with Crippen LogP contribution in [0.1, 0.15) is 26.3 Å². The van der Waals surface area contributed by atoms with Gasteiger partial charge in [0.15, 0.2) is 6.61 Å². The molecule has 106 valence electrons. The van der Waals surface area contributed by atoms with Crippen molar-refractivity contribution in [3.63, 3.8) is 0 Å². The first-order chi connectivity index (χ1) is 8.81. The van der Waals surface area contributed by atoms with E-state index in [-0.39, 0.29) is 12.1 Å². The van der Waals surface area contributed by atoms with E-state index in [0.29, 0.717) is 5.75 Å². The van der Waals surface area contributed by atoms with Crippen molar-refractivity contribution in [3.8, 4) is 5.75 Å². The molecule has 5 heteroatoms. The number of esters is 1. The Morgan fingerprint density at radius 3 is 2.58 bits per heavy atom. The second kappa shape index (κ2) is 6.91. The molecule has 1 aromatic carbocycles. The van der Waals surface area contributed by atoms with E-state index < -0.39 is 5.97 Å². The number of rotatable bonds is 5. The number of nitrogens with one attached hydrogen (secondary N) is 1. The van der Waals surface area contributed by atoms with Gasteiger partial charge in [0, 0.05) is 12.1 Å². The van der Waals surface area contributed by atoms with Crippen LogP contribution in [0.25, 0.3) is 0 Å². The summed E-state index contributed by atoms with van der Waals surface area (Å²) in [5, 5.41) is 3.41. The number of carbonyl (C=O) groups is 1. The van der Waals surface area contributed by atoms with Gasteiger partial charge in [-0.2, -0.15) is 0 Å². The summed E-state index contributed by atoms with van der Waals surface area (Å²) >= 11 is 3.43. The summed E-state index contributed by atoms with van der Waals surface area (Å²) in [6, 6.07) is 5.79. The number of hydrogen-bond donors (Lipinski definition) is 1. The normalized spacial score (nSPS) is 11.2. The fourth-order valence-corrected chi connectivity index (χ4v) is 1.87. The SMILES string of the molecule is COC(=O)COc1ccc(CNC(C)(C)C)cc1Br. The molecule has 0 bridgehead atoms. The van der Waals surface area contributed by atoms with Crippen LogP contribution in [0.5, 0.6) is 5.75 Å². The molecule has 1 rings (SSSR count). The van der Waals surface area contributed by atoms with Crippen LogP contribution in [-0.2, 0) is 16.1 Å². The molecule has 0 unspecified atom stereocenters. The number of carbonyl (C=O) groups excluding carboxylic acids is 1. The lowest BCUT2D eigenvalue weighted by atomic mass is 10.1. The van der Waals surface area contributed by atoms with Crippen molar-refractivity contribution >= 4 is 21.9 Å². The minimum atomic E-state index is -0.398. The van der Waals surface area contributed by atoms with Gasteiger partial charge in [-0.05, 0) is 54.4 Å². The van der Waals surface area contributed by atoms with Crippen LogP contribution in [0.2, 0.25) is 0 Å². The highest BCUT2D eigenvalue weighted by molar-refractivity contribution is 9.10. The van der Waals surface area contributed by atoms with Crippen molar-refractivity contribution in [2.24, 2.45) is 0 Å². The van der Waals surface area contributed by atoms with E-state index in [2.05, 4.69) is 46.8 Å². The van der Waals surface area contributed by atoms with Crippen LogP contribution < -0.4 is 10.1 Å². The zero-order valence-electron chi connectivity index (χ0n) is 11.7. The Balaban J connectivity index is 2.61. The maximum absolute atomic E-state index is 11.0. The lowest BCUT2D eigenvalue weighted by molar-refractivity contribution is -0.142. The highest BCUT2D eigenvalue weighted by atomic mass is 79.9. The Bertz CT molecular complexity index is 441. The average Bonchev–Trinajstić information content (AvgIpc) is 2.34. The van der Waals surface area contributed by atoms with Gasteiger partial charge in [-0.15, -0.1) is 0 Å². The molecule has 19 heavy (non-hydrogen) atoms. The fraction of sp³-hybridized carbons (Fsp3) is 0.500. The molecule has 0 aliphatic heterocycles. The van der Waals surface area contributed by atoms with Gasteiger partial charge in [0.1, 0.15) is 5.75 Å². The summed E-state index contributed by atoms with van der Waals surface area (Å²) in [6.45, 7) is 7.05. The molecule has 0 heterocycles. The third-order valence-corrected chi connectivity index (χ3v) is 3.01. The summed E-state index contributed by atoms with van der Waals surface area (Å²) in [7, 11) is 1.34. The van der Waals surface area contributed by atoms with E-state index in [1.165, 1.54) is 7.11 Å². The summed E-state index contributed by atoms with van der Waals surface area (Å²) in [5.74, 6) is 0.232. The van der Waals surface area contributed by atoms with Crippen LogP contribution in [-0.4, -0.2) is 25.2 Å². The maximum Gasteiger partial charge on any atom is 0.343 e. The fourth-order valence-electron chi connectivity index (χ4n) is 1.33. The number of ether oxygens (including phenoxy) is 2. The van der Waals surface area contributed by atoms with Crippen LogP contribution in [0.15, 0.2) is 22.7 Å². The molecule has 0 aromatic heterocycles. The van der Waals surface area contributed by atoms with Crippen molar-refractivity contribution in [2.45, 2.75) is 32.9 Å². The molecule has 1 aromatic rings. The minimum Gasteiger partial charge on any atom is -0.481 e. The summed E-state index contributed by atoms with van der Waals surface area (Å²) in [6.07, 6.45) is 0. The average molecular weight is 330 g/mol. The van der Waals surface area contributed by atoms with E-state index in [0.717, 1.165) is 16.6 Å². The Morgan fingerprint density at radius 2 is 2.05 bits per heavy atom. The van der Waals surface area contributed by atoms with Gasteiger partial charge in [0.2, 0.25) is 0 Å². The molecule has 0 saturated heterocycles. The van der Waals surface area contributed by atoms with E-state index in [4.69, 9.17) is 4.74 Å². The lowest BCUT2D eigenvalue weighted by Crippen LogP contribution is -2.35. The van der Waals surface area contributed by atoms with Crippen LogP contribution in [0.3, 0.4) is 0 Å². The molecule has 0 radical (unpaired) electrons. The van der Waals surface area contributed by atoms with Gasteiger partial charge in [-0.3, -0.25) is 0 Å². The smallest absolute Gasteiger partial charge is 0.343 e. The first-order valence-corrected chi connectivity index (χ1v) is 6.84.